The van der Waals surface area contributed by atoms with Crippen molar-refractivity contribution in [2.24, 2.45) is 5.92 Å². The van der Waals surface area contributed by atoms with Gasteiger partial charge in [0, 0.05) is 24.4 Å². The Labute approximate surface area is 78.6 Å². The number of nitrogens with one attached hydrogen (secondary N) is 1. The van der Waals surface area contributed by atoms with Crippen LogP contribution in [0.5, 0.6) is 0 Å². The zero-order chi connectivity index (χ0) is 9.10. The highest BCUT2D eigenvalue weighted by Crippen LogP contribution is 2.33. The Morgan fingerprint density at radius 3 is 3.00 bits per heavy atom. The maximum Gasteiger partial charge on any atom is 0.115 e. The van der Waals surface area contributed by atoms with Crippen molar-refractivity contribution in [1.82, 2.24) is 15.3 Å². The average Bonchev–Trinajstić information content (AvgIpc) is 2.99. The van der Waals surface area contributed by atoms with Crippen LogP contribution in [0.3, 0.4) is 0 Å². The molecule has 13 heavy (non-hydrogen) atoms. The highest BCUT2D eigenvalue weighted by Gasteiger charge is 2.30. The maximum absolute atomic E-state index is 4.23. The molecule has 70 valence electrons. The van der Waals surface area contributed by atoms with Crippen LogP contribution in [-0.4, -0.2) is 23.1 Å². The van der Waals surface area contributed by atoms with Crippen LogP contribution in [0.15, 0.2) is 18.6 Å². The van der Waals surface area contributed by atoms with Crippen LogP contribution in [0.25, 0.3) is 0 Å². The van der Waals surface area contributed by atoms with Gasteiger partial charge in [0.1, 0.15) is 6.33 Å². The van der Waals surface area contributed by atoms with Gasteiger partial charge in [-0.05, 0) is 31.9 Å². The van der Waals surface area contributed by atoms with Crippen molar-refractivity contribution >= 4 is 0 Å². The lowest BCUT2D eigenvalue weighted by Gasteiger charge is -2.13. The van der Waals surface area contributed by atoms with Gasteiger partial charge in [-0.25, -0.2) is 9.97 Å². The van der Waals surface area contributed by atoms with E-state index in [-0.39, 0.29) is 0 Å². The molecule has 1 saturated carbocycles. The number of rotatable bonds is 4. The Balaban J connectivity index is 1.95. The van der Waals surface area contributed by atoms with Crippen LogP contribution < -0.4 is 5.32 Å². The summed E-state index contributed by atoms with van der Waals surface area (Å²) in [5.41, 5.74) is 1.14. The molecule has 0 aliphatic heterocycles. The Hall–Kier alpha value is -0.960. The number of hydrogen-bond donors (Lipinski definition) is 1. The van der Waals surface area contributed by atoms with E-state index in [0.29, 0.717) is 6.04 Å². The van der Waals surface area contributed by atoms with E-state index in [0.717, 1.165) is 18.0 Å². The molecule has 0 spiro atoms. The molecule has 1 aliphatic rings. The van der Waals surface area contributed by atoms with Gasteiger partial charge in [-0.1, -0.05) is 0 Å². The van der Waals surface area contributed by atoms with E-state index in [1.54, 1.807) is 6.33 Å². The van der Waals surface area contributed by atoms with Gasteiger partial charge in [0.2, 0.25) is 0 Å². The molecule has 0 saturated heterocycles. The van der Waals surface area contributed by atoms with Gasteiger partial charge in [0.05, 0.1) is 0 Å². The number of aromatic nitrogens is 2. The van der Waals surface area contributed by atoms with Crippen molar-refractivity contribution in [2.45, 2.75) is 25.3 Å². The lowest BCUT2D eigenvalue weighted by molar-refractivity contribution is 0.495. The minimum absolute atomic E-state index is 0.606. The summed E-state index contributed by atoms with van der Waals surface area (Å²) in [5.74, 6) is 0.875. The molecule has 1 aliphatic carbocycles. The second-order valence-corrected chi connectivity index (χ2v) is 3.64. The summed E-state index contributed by atoms with van der Waals surface area (Å²) >= 11 is 0. The van der Waals surface area contributed by atoms with E-state index < -0.39 is 0 Å². The summed E-state index contributed by atoms with van der Waals surface area (Å²) in [6, 6.07) is 2.60. The van der Waals surface area contributed by atoms with Gasteiger partial charge < -0.3 is 5.32 Å². The van der Waals surface area contributed by atoms with E-state index in [1.807, 2.05) is 19.3 Å². The molecule has 1 N–H and O–H groups in total. The highest BCUT2D eigenvalue weighted by atomic mass is 14.9. The quantitative estimate of drug-likeness (QED) is 0.746. The van der Waals surface area contributed by atoms with E-state index in [2.05, 4.69) is 15.3 Å². The van der Waals surface area contributed by atoms with E-state index in [1.165, 1.54) is 12.8 Å². The Bertz CT molecular complexity index is 256. The first-order valence-corrected chi connectivity index (χ1v) is 4.82. The van der Waals surface area contributed by atoms with Crippen molar-refractivity contribution in [3.63, 3.8) is 0 Å². The van der Waals surface area contributed by atoms with Gasteiger partial charge >= 0.3 is 0 Å². The van der Waals surface area contributed by atoms with Crippen molar-refractivity contribution < 1.29 is 0 Å². The smallest absolute Gasteiger partial charge is 0.115 e. The molecule has 0 amide bonds. The summed E-state index contributed by atoms with van der Waals surface area (Å²) in [6.45, 7) is 0. The van der Waals surface area contributed by atoms with Crippen LogP contribution in [0, 0.1) is 5.92 Å². The maximum atomic E-state index is 4.23. The molecule has 0 bridgehead atoms. The molecule has 3 heteroatoms. The molecular weight excluding hydrogens is 162 g/mol. The van der Waals surface area contributed by atoms with Crippen LogP contribution in [-0.2, 0) is 6.42 Å². The third kappa shape index (κ3) is 2.25. The first-order chi connectivity index (χ1) is 6.40. The average molecular weight is 177 g/mol. The molecule has 0 radical (unpaired) electrons. The molecule has 1 unspecified atom stereocenters. The summed E-state index contributed by atoms with van der Waals surface area (Å²) in [6.07, 6.45) is 7.20. The number of likely N-dealkylation sites (N-methyl/N-ethyl adjacent to an activating group) is 1. The molecular formula is C10H15N3. The molecule has 1 aromatic heterocycles. The minimum Gasteiger partial charge on any atom is -0.316 e. The summed E-state index contributed by atoms with van der Waals surface area (Å²) in [4.78, 5) is 8.13. The van der Waals surface area contributed by atoms with Crippen molar-refractivity contribution in [3.8, 4) is 0 Å². The standard InChI is InChI=1S/C10H15N3/c1-11-10(8-2-3-8)6-9-4-5-12-7-13-9/h4-5,7-8,10-11H,2-3,6H2,1H3. The van der Waals surface area contributed by atoms with Gasteiger partial charge in [0.25, 0.3) is 0 Å². The monoisotopic (exact) mass is 177 g/mol. The van der Waals surface area contributed by atoms with Crippen LogP contribution >= 0.6 is 0 Å². The SMILES string of the molecule is CNC(Cc1ccncn1)C1CC1. The highest BCUT2D eigenvalue weighted by molar-refractivity contribution is 5.02. The predicted molar refractivity (Wildman–Crippen MR) is 51.3 cm³/mol. The molecule has 0 aromatic carbocycles. The van der Waals surface area contributed by atoms with E-state index in [9.17, 15) is 0 Å². The molecule has 2 rings (SSSR count). The van der Waals surface area contributed by atoms with E-state index in [4.69, 9.17) is 0 Å². The van der Waals surface area contributed by atoms with E-state index >= 15 is 0 Å². The minimum atomic E-state index is 0.606. The van der Waals surface area contributed by atoms with Crippen molar-refractivity contribution in [1.29, 1.82) is 0 Å². The fourth-order valence-corrected chi connectivity index (χ4v) is 1.67. The zero-order valence-corrected chi connectivity index (χ0v) is 7.90. The Kier molecular flexibility index (Phi) is 2.54. The first kappa shape index (κ1) is 8.63. The number of nitrogens with zero attached hydrogens (tertiary/aromatic N) is 2. The van der Waals surface area contributed by atoms with Crippen LogP contribution in [0.4, 0.5) is 0 Å². The number of hydrogen-bond acceptors (Lipinski definition) is 3. The van der Waals surface area contributed by atoms with Gasteiger partial charge in [-0.3, -0.25) is 0 Å². The fraction of sp³-hybridized carbons (Fsp3) is 0.600. The summed E-state index contributed by atoms with van der Waals surface area (Å²) < 4.78 is 0. The topological polar surface area (TPSA) is 37.8 Å². The lowest BCUT2D eigenvalue weighted by atomic mass is 10.1. The van der Waals surface area contributed by atoms with Gasteiger partial charge in [-0.2, -0.15) is 0 Å². The molecule has 1 aromatic rings. The van der Waals surface area contributed by atoms with Gasteiger partial charge in [0.15, 0.2) is 0 Å². The molecule has 1 fully saturated rings. The zero-order valence-electron chi connectivity index (χ0n) is 7.90. The molecule has 1 atom stereocenters. The Morgan fingerprint density at radius 2 is 2.46 bits per heavy atom. The second kappa shape index (κ2) is 3.83. The largest absolute Gasteiger partial charge is 0.316 e. The third-order valence-corrected chi connectivity index (χ3v) is 2.63. The first-order valence-electron chi connectivity index (χ1n) is 4.82. The Morgan fingerprint density at radius 1 is 1.62 bits per heavy atom. The van der Waals surface area contributed by atoms with Crippen LogP contribution in [0.2, 0.25) is 0 Å². The summed E-state index contributed by atoms with van der Waals surface area (Å²) in [5, 5.41) is 3.35. The lowest BCUT2D eigenvalue weighted by Crippen LogP contribution is -2.29. The molecule has 3 nitrogen and oxygen atoms in total. The third-order valence-electron chi connectivity index (χ3n) is 2.63. The predicted octanol–water partition coefficient (Wildman–Crippen LogP) is 1.02. The molecule has 1 heterocycles. The second-order valence-electron chi connectivity index (χ2n) is 3.64. The fourth-order valence-electron chi connectivity index (χ4n) is 1.67. The summed E-state index contributed by atoms with van der Waals surface area (Å²) in [7, 11) is 2.03. The van der Waals surface area contributed by atoms with Crippen molar-refractivity contribution in [2.75, 3.05) is 7.05 Å². The normalized spacial score (nSPS) is 18.5. The van der Waals surface area contributed by atoms with Crippen LogP contribution in [0.1, 0.15) is 18.5 Å². The van der Waals surface area contributed by atoms with Gasteiger partial charge in [-0.15, -0.1) is 0 Å². The van der Waals surface area contributed by atoms with Crippen molar-refractivity contribution in [3.05, 3.63) is 24.3 Å².